The Morgan fingerprint density at radius 3 is 1.89 bits per heavy atom. The van der Waals surface area contributed by atoms with Crippen molar-refractivity contribution in [2.45, 2.75) is 43.1 Å². The maximum Gasteiger partial charge on any atom is 0.315 e. The van der Waals surface area contributed by atoms with E-state index in [9.17, 15) is 65.8 Å². The average molecular weight is 622 g/mol. The second-order valence-electron chi connectivity index (χ2n) is 10.1. The van der Waals surface area contributed by atoms with Crippen LogP contribution in [-0.2, 0) is 10.6 Å². The zero-order valence-corrected chi connectivity index (χ0v) is 22.5. The summed E-state index contributed by atoms with van der Waals surface area (Å²) in [7, 11) is 0.967. The summed E-state index contributed by atoms with van der Waals surface area (Å²) in [5.41, 5.74) is 0.601. The van der Waals surface area contributed by atoms with E-state index in [2.05, 4.69) is 5.10 Å². The number of aliphatic hydroxyl groups is 7. The lowest BCUT2D eigenvalue weighted by Gasteiger charge is -2.46. The molecule has 1 atom stereocenters. The molecule has 2 aromatic carbocycles. The fraction of sp³-hybridized carbons (Fsp3) is 0.320. The van der Waals surface area contributed by atoms with Crippen molar-refractivity contribution in [2.24, 2.45) is 5.73 Å². The summed E-state index contributed by atoms with van der Waals surface area (Å²) in [6, 6.07) is 4.12. The highest BCUT2D eigenvalue weighted by molar-refractivity contribution is 6.09. The number of benzene rings is 2. The first-order valence-electron chi connectivity index (χ1n) is 12.6. The number of nitrogens with two attached hydrogens (primary N) is 1. The number of hydrogen-bond donors (Lipinski definition) is 12. The molecule has 0 aliphatic carbocycles. The van der Waals surface area contributed by atoms with Crippen LogP contribution in [0.15, 0.2) is 24.3 Å². The van der Waals surface area contributed by atoms with Crippen molar-refractivity contribution in [3.05, 3.63) is 41.2 Å². The minimum absolute atomic E-state index is 0.0125. The molecule has 0 saturated carbocycles. The number of aromatic nitrogens is 2. The minimum atomic E-state index is -3.96. The fourth-order valence-corrected chi connectivity index (χ4v) is 5.27. The number of carbonyl (C=O) groups excluding carboxylic acids is 2. The van der Waals surface area contributed by atoms with Gasteiger partial charge < -0.3 is 66.6 Å². The molecule has 2 aliphatic rings. The van der Waals surface area contributed by atoms with Crippen LogP contribution >= 0.6 is 0 Å². The molecule has 2 aliphatic heterocycles. The zero-order valence-electron chi connectivity index (χ0n) is 22.5. The number of phenolic OH excluding ortho intramolecular Hbond substituents is 4. The van der Waals surface area contributed by atoms with Crippen LogP contribution in [0, 0.1) is 0 Å². The Morgan fingerprint density at radius 1 is 0.886 bits per heavy atom. The number of piperidine rings is 1. The molecule has 0 radical (unpaired) electrons. The third-order valence-corrected chi connectivity index (χ3v) is 7.35. The largest absolute Gasteiger partial charge is 0.503 e. The molecule has 1 aromatic heterocycles. The maximum absolute atomic E-state index is 14.0. The Hall–Kier alpha value is -4.73. The monoisotopic (exact) mass is 621 g/mol. The lowest BCUT2D eigenvalue weighted by molar-refractivity contribution is -0.364. The van der Waals surface area contributed by atoms with Crippen molar-refractivity contribution in [3.63, 3.8) is 0 Å². The smallest absolute Gasteiger partial charge is 0.315 e. The number of aliphatic hydroxyl groups excluding tert-OH is 1. The van der Waals surface area contributed by atoms with E-state index in [1.165, 1.54) is 0 Å². The van der Waals surface area contributed by atoms with Crippen molar-refractivity contribution in [2.75, 3.05) is 16.9 Å². The third kappa shape index (κ3) is 4.11. The molecule has 1 unspecified atom stereocenters. The van der Waals surface area contributed by atoms with Crippen LogP contribution in [0.4, 0.5) is 11.4 Å². The highest BCUT2D eigenvalue weighted by Gasteiger charge is 2.64. The molecule has 1 fully saturated rings. The van der Waals surface area contributed by atoms with Gasteiger partial charge in [0, 0.05) is 24.2 Å². The molecule has 44 heavy (non-hydrogen) atoms. The summed E-state index contributed by atoms with van der Waals surface area (Å²) in [4.78, 5) is 27.1. The first kappa shape index (κ1) is 30.7. The first-order valence-corrected chi connectivity index (χ1v) is 12.6. The number of amides is 2. The van der Waals surface area contributed by atoms with Crippen molar-refractivity contribution in [1.82, 2.24) is 9.78 Å². The topological polar surface area (TPSA) is 316 Å². The fourth-order valence-electron chi connectivity index (χ4n) is 5.27. The van der Waals surface area contributed by atoms with Crippen LogP contribution in [-0.4, -0.2) is 96.7 Å². The van der Waals surface area contributed by atoms with Crippen molar-refractivity contribution in [3.8, 4) is 34.4 Å². The Balaban J connectivity index is 1.73. The Bertz CT molecular complexity index is 1650. The molecule has 236 valence electrons. The van der Waals surface area contributed by atoms with Crippen LogP contribution in [0.2, 0.25) is 0 Å². The number of hydrogen-bond acceptors (Lipinski definition) is 16. The van der Waals surface area contributed by atoms with Gasteiger partial charge in [-0.1, -0.05) is 0 Å². The van der Waals surface area contributed by atoms with E-state index >= 15 is 0 Å². The van der Waals surface area contributed by atoms with Gasteiger partial charge >= 0.3 is 5.91 Å². The predicted octanol–water partition coefficient (Wildman–Crippen LogP) is -2.76. The predicted molar refractivity (Wildman–Crippen MR) is 141 cm³/mol. The summed E-state index contributed by atoms with van der Waals surface area (Å²) in [6.07, 6.45) is -2.25. The maximum atomic E-state index is 14.0. The Morgan fingerprint density at radius 2 is 1.41 bits per heavy atom. The normalized spacial score (nSPS) is 19.6. The number of ether oxygens (including phenoxy) is 1. The number of carbonyl (C=O) groups is 2. The molecule has 3 aromatic rings. The van der Waals surface area contributed by atoms with Gasteiger partial charge in [-0.25, -0.2) is 9.58 Å². The van der Waals surface area contributed by atoms with E-state index in [1.807, 2.05) is 0 Å². The number of phenols is 4. The van der Waals surface area contributed by atoms with Gasteiger partial charge in [-0.15, -0.1) is 0 Å². The van der Waals surface area contributed by atoms with Gasteiger partial charge in [0.25, 0.3) is 17.6 Å². The number of fused-ring (bicyclic) bond motifs is 1. The van der Waals surface area contributed by atoms with Gasteiger partial charge in [0.15, 0.2) is 17.2 Å². The van der Waals surface area contributed by atoms with Gasteiger partial charge in [0.1, 0.15) is 17.6 Å². The molecular weight excluding hydrogens is 594 g/mol. The van der Waals surface area contributed by atoms with Crippen molar-refractivity contribution in [1.29, 1.82) is 0 Å². The van der Waals surface area contributed by atoms with Crippen LogP contribution in [0.1, 0.15) is 47.2 Å². The lowest BCUT2D eigenvalue weighted by atomic mass is 9.91. The van der Waals surface area contributed by atoms with E-state index in [1.54, 1.807) is 0 Å². The van der Waals surface area contributed by atoms with Crippen LogP contribution < -0.4 is 20.3 Å². The molecular formula is C25H27N5O14. The number of nitrogens with zero attached hydrogens (tertiary/aromatic N) is 4. The van der Waals surface area contributed by atoms with E-state index in [0.29, 0.717) is 4.90 Å². The third-order valence-electron chi connectivity index (χ3n) is 7.35. The highest BCUT2D eigenvalue weighted by atomic mass is 16.6. The number of rotatable bonds is 5. The summed E-state index contributed by atoms with van der Waals surface area (Å²) in [6.45, 7) is 0. The number of anilines is 2. The van der Waals surface area contributed by atoms with Gasteiger partial charge in [-0.3, -0.25) is 14.5 Å². The van der Waals surface area contributed by atoms with Gasteiger partial charge in [0.05, 0.1) is 12.7 Å². The molecule has 3 heterocycles. The molecule has 19 nitrogen and oxygen atoms in total. The van der Waals surface area contributed by atoms with E-state index in [0.717, 1.165) is 31.4 Å². The standard InChI is InChI=1S/C25H27N5O14/c1-44-20-18(34)16(32)15(17(33)19(20)35)30-14-12(13(27-30)21(26)36)24(40,41)25(42,43)29(22(14)37)10-6-4-9(5-7-10)28-11(31)3-2-8-23(28,38)39/h4-7,21,32-36,38-43H,2-3,8,26H2,1H3. The molecule has 1 saturated heterocycles. The molecule has 0 bridgehead atoms. The first-order chi connectivity index (χ1) is 20.4. The molecule has 19 heteroatoms. The molecule has 5 rings (SSSR count). The van der Waals surface area contributed by atoms with E-state index in [-0.39, 0.29) is 34.5 Å². The van der Waals surface area contributed by atoms with Crippen LogP contribution in [0.25, 0.3) is 5.69 Å². The van der Waals surface area contributed by atoms with Crippen LogP contribution in [0.5, 0.6) is 28.7 Å². The SMILES string of the molecule is COc1c(O)c(O)c(-n2nc(C(N)O)c3c2C(=O)N(c2ccc(N4C(=O)CCCC4(O)O)cc2)C(O)(O)C3(O)O)c(O)c1O. The minimum Gasteiger partial charge on any atom is -0.503 e. The highest BCUT2D eigenvalue weighted by Crippen LogP contribution is 2.54. The molecule has 0 spiro atoms. The van der Waals surface area contributed by atoms with E-state index < -0.39 is 92.7 Å². The second kappa shape index (κ2) is 9.90. The molecule has 13 N–H and O–H groups in total. The summed E-state index contributed by atoms with van der Waals surface area (Å²) in [5.74, 6) is -18.3. The van der Waals surface area contributed by atoms with Crippen molar-refractivity contribution < 1.29 is 70.5 Å². The van der Waals surface area contributed by atoms with Gasteiger partial charge in [-0.05, 0) is 30.7 Å². The quantitative estimate of drug-likeness (QED) is 0.0780. The van der Waals surface area contributed by atoms with Gasteiger partial charge in [-0.2, -0.15) is 5.10 Å². The zero-order chi connectivity index (χ0) is 32.7. The van der Waals surface area contributed by atoms with Crippen LogP contribution in [0.3, 0.4) is 0 Å². The summed E-state index contributed by atoms with van der Waals surface area (Å²) in [5, 5.41) is 121. The Labute approximate surface area is 245 Å². The number of aromatic hydroxyl groups is 4. The summed E-state index contributed by atoms with van der Waals surface area (Å²) < 4.78 is 4.98. The lowest BCUT2D eigenvalue weighted by Crippen LogP contribution is -2.68. The second-order valence-corrected chi connectivity index (χ2v) is 10.1. The van der Waals surface area contributed by atoms with Gasteiger partial charge in [0.2, 0.25) is 23.2 Å². The Kier molecular flexibility index (Phi) is 6.91. The van der Waals surface area contributed by atoms with Crippen molar-refractivity contribution >= 4 is 23.2 Å². The average Bonchev–Trinajstić information content (AvgIpc) is 3.34. The van der Waals surface area contributed by atoms with E-state index in [4.69, 9.17) is 10.5 Å². The summed E-state index contributed by atoms with van der Waals surface area (Å²) >= 11 is 0. The molecule has 2 amide bonds. The number of methoxy groups -OCH3 is 1.